The molecule has 0 atom stereocenters. The van der Waals surface area contributed by atoms with Gasteiger partial charge < -0.3 is 10.6 Å². The van der Waals surface area contributed by atoms with Gasteiger partial charge in [0.2, 0.25) is 0 Å². The molecule has 2 N–H and O–H groups in total. The van der Waals surface area contributed by atoms with Crippen LogP contribution in [0.2, 0.25) is 0 Å². The SMILES string of the molecule is CCCN=C(NCC)NCCSc1ccccc1. The van der Waals surface area contributed by atoms with E-state index in [2.05, 4.69) is 53.7 Å². The zero-order valence-corrected chi connectivity index (χ0v) is 12.1. The largest absolute Gasteiger partial charge is 0.357 e. The summed E-state index contributed by atoms with van der Waals surface area (Å²) in [6.07, 6.45) is 1.08. The van der Waals surface area contributed by atoms with E-state index in [1.165, 1.54) is 4.90 Å². The Bertz CT molecular complexity index is 338. The van der Waals surface area contributed by atoms with Crippen LogP contribution in [0.15, 0.2) is 40.2 Å². The Hall–Kier alpha value is -1.16. The predicted octanol–water partition coefficient (Wildman–Crippen LogP) is 2.74. The van der Waals surface area contributed by atoms with Gasteiger partial charge >= 0.3 is 0 Å². The minimum absolute atomic E-state index is 0.876. The quantitative estimate of drug-likeness (QED) is 0.344. The summed E-state index contributed by atoms with van der Waals surface area (Å²) >= 11 is 1.86. The molecule has 4 heteroatoms. The van der Waals surface area contributed by atoms with Crippen molar-refractivity contribution >= 4 is 17.7 Å². The van der Waals surface area contributed by atoms with E-state index >= 15 is 0 Å². The monoisotopic (exact) mass is 265 g/mol. The minimum atomic E-state index is 0.876. The number of nitrogens with one attached hydrogen (secondary N) is 2. The molecule has 100 valence electrons. The first kappa shape index (κ1) is 14.9. The van der Waals surface area contributed by atoms with Crippen molar-refractivity contribution in [2.45, 2.75) is 25.2 Å². The molecule has 0 aliphatic rings. The van der Waals surface area contributed by atoms with Crippen LogP contribution in [0.1, 0.15) is 20.3 Å². The van der Waals surface area contributed by atoms with E-state index in [-0.39, 0.29) is 0 Å². The second-order valence-electron chi connectivity index (χ2n) is 3.85. The third-order valence-corrected chi connectivity index (χ3v) is 3.26. The summed E-state index contributed by atoms with van der Waals surface area (Å²) in [5, 5.41) is 6.59. The highest BCUT2D eigenvalue weighted by Crippen LogP contribution is 2.15. The van der Waals surface area contributed by atoms with Gasteiger partial charge in [0.25, 0.3) is 0 Å². The van der Waals surface area contributed by atoms with Gasteiger partial charge in [-0.3, -0.25) is 4.99 Å². The lowest BCUT2D eigenvalue weighted by Gasteiger charge is -2.10. The van der Waals surface area contributed by atoms with Crippen LogP contribution in [0, 0.1) is 0 Å². The van der Waals surface area contributed by atoms with Crippen LogP contribution < -0.4 is 10.6 Å². The van der Waals surface area contributed by atoms with Gasteiger partial charge in [0.15, 0.2) is 5.96 Å². The first-order valence-electron chi connectivity index (χ1n) is 6.56. The number of aliphatic imine (C=N–C) groups is 1. The molecule has 0 fully saturated rings. The standard InChI is InChI=1S/C14H23N3S/c1-3-10-16-14(15-4-2)17-11-12-18-13-8-6-5-7-9-13/h5-9H,3-4,10-12H2,1-2H3,(H2,15,16,17). The van der Waals surface area contributed by atoms with Gasteiger partial charge in [-0.2, -0.15) is 0 Å². The lowest BCUT2D eigenvalue weighted by Crippen LogP contribution is -2.38. The van der Waals surface area contributed by atoms with E-state index in [1.807, 2.05) is 17.8 Å². The van der Waals surface area contributed by atoms with Crippen molar-refractivity contribution in [1.29, 1.82) is 0 Å². The molecule has 0 aliphatic carbocycles. The lowest BCUT2D eigenvalue weighted by molar-refractivity contribution is 0.829. The molecule has 0 radical (unpaired) electrons. The van der Waals surface area contributed by atoms with Crippen LogP contribution in [-0.2, 0) is 0 Å². The van der Waals surface area contributed by atoms with Crippen molar-refractivity contribution in [3.05, 3.63) is 30.3 Å². The molecule has 1 aromatic carbocycles. The van der Waals surface area contributed by atoms with Gasteiger partial charge in [0.05, 0.1) is 0 Å². The number of thioether (sulfide) groups is 1. The summed E-state index contributed by atoms with van der Waals surface area (Å²) in [7, 11) is 0. The second kappa shape index (κ2) is 9.83. The summed E-state index contributed by atoms with van der Waals surface area (Å²) in [6, 6.07) is 10.5. The van der Waals surface area contributed by atoms with E-state index in [0.717, 1.165) is 37.8 Å². The van der Waals surface area contributed by atoms with E-state index in [9.17, 15) is 0 Å². The van der Waals surface area contributed by atoms with E-state index < -0.39 is 0 Å². The van der Waals surface area contributed by atoms with Crippen molar-refractivity contribution in [1.82, 2.24) is 10.6 Å². The second-order valence-corrected chi connectivity index (χ2v) is 5.02. The number of rotatable bonds is 7. The van der Waals surface area contributed by atoms with Crippen molar-refractivity contribution in [2.75, 3.05) is 25.4 Å². The molecule has 0 aromatic heterocycles. The molecule has 1 rings (SSSR count). The van der Waals surface area contributed by atoms with E-state index in [1.54, 1.807) is 0 Å². The molecule has 0 spiro atoms. The molecule has 0 saturated heterocycles. The number of nitrogens with zero attached hydrogens (tertiary/aromatic N) is 1. The summed E-state index contributed by atoms with van der Waals surface area (Å²) in [5.41, 5.74) is 0. The number of benzene rings is 1. The fourth-order valence-electron chi connectivity index (χ4n) is 1.42. The summed E-state index contributed by atoms with van der Waals surface area (Å²) in [6.45, 7) is 6.93. The van der Waals surface area contributed by atoms with Gasteiger partial charge in [-0.05, 0) is 25.5 Å². The minimum Gasteiger partial charge on any atom is -0.357 e. The zero-order chi connectivity index (χ0) is 13.1. The first-order chi connectivity index (χ1) is 8.86. The average molecular weight is 265 g/mol. The van der Waals surface area contributed by atoms with Crippen molar-refractivity contribution in [3.8, 4) is 0 Å². The van der Waals surface area contributed by atoms with Gasteiger partial charge in [-0.1, -0.05) is 25.1 Å². The van der Waals surface area contributed by atoms with Crippen molar-refractivity contribution in [2.24, 2.45) is 4.99 Å². The number of guanidine groups is 1. The molecule has 0 heterocycles. The Kier molecular flexibility index (Phi) is 8.13. The van der Waals surface area contributed by atoms with E-state index in [0.29, 0.717) is 0 Å². The predicted molar refractivity (Wildman–Crippen MR) is 81.4 cm³/mol. The molecular formula is C14H23N3S. The topological polar surface area (TPSA) is 36.4 Å². The molecule has 3 nitrogen and oxygen atoms in total. The zero-order valence-electron chi connectivity index (χ0n) is 11.3. The molecule has 0 saturated carbocycles. The highest BCUT2D eigenvalue weighted by Gasteiger charge is 1.96. The summed E-state index contributed by atoms with van der Waals surface area (Å²) in [5.74, 6) is 1.97. The Morgan fingerprint density at radius 2 is 1.94 bits per heavy atom. The maximum atomic E-state index is 4.46. The van der Waals surface area contributed by atoms with Crippen molar-refractivity contribution < 1.29 is 0 Å². The van der Waals surface area contributed by atoms with Crippen LogP contribution in [0.25, 0.3) is 0 Å². The molecular weight excluding hydrogens is 242 g/mol. The Balaban J connectivity index is 2.22. The lowest BCUT2D eigenvalue weighted by atomic mass is 10.4. The highest BCUT2D eigenvalue weighted by molar-refractivity contribution is 7.99. The van der Waals surface area contributed by atoms with Crippen LogP contribution in [0.5, 0.6) is 0 Å². The Labute approximate surface area is 114 Å². The molecule has 0 bridgehead atoms. The maximum absolute atomic E-state index is 4.46. The van der Waals surface area contributed by atoms with Crippen LogP contribution in [-0.4, -0.2) is 31.3 Å². The fraction of sp³-hybridized carbons (Fsp3) is 0.500. The number of hydrogen-bond donors (Lipinski definition) is 2. The third-order valence-electron chi connectivity index (χ3n) is 2.24. The molecule has 0 amide bonds. The highest BCUT2D eigenvalue weighted by atomic mass is 32.2. The average Bonchev–Trinajstić information content (AvgIpc) is 2.42. The van der Waals surface area contributed by atoms with Gasteiger partial charge in [-0.15, -0.1) is 11.8 Å². The number of hydrogen-bond acceptors (Lipinski definition) is 2. The van der Waals surface area contributed by atoms with Crippen LogP contribution in [0.3, 0.4) is 0 Å². The Morgan fingerprint density at radius 3 is 2.61 bits per heavy atom. The van der Waals surface area contributed by atoms with Gasteiger partial charge in [0, 0.05) is 30.3 Å². The van der Waals surface area contributed by atoms with Crippen LogP contribution >= 0.6 is 11.8 Å². The first-order valence-corrected chi connectivity index (χ1v) is 7.55. The summed E-state index contributed by atoms with van der Waals surface area (Å²) in [4.78, 5) is 5.78. The van der Waals surface area contributed by atoms with Gasteiger partial charge in [-0.25, -0.2) is 0 Å². The molecule has 1 aromatic rings. The molecule has 18 heavy (non-hydrogen) atoms. The summed E-state index contributed by atoms with van der Waals surface area (Å²) < 4.78 is 0. The molecule has 0 aliphatic heterocycles. The van der Waals surface area contributed by atoms with Crippen LogP contribution in [0.4, 0.5) is 0 Å². The maximum Gasteiger partial charge on any atom is 0.191 e. The fourth-order valence-corrected chi connectivity index (χ4v) is 2.21. The Morgan fingerprint density at radius 1 is 1.17 bits per heavy atom. The third kappa shape index (κ3) is 6.55. The van der Waals surface area contributed by atoms with Crippen molar-refractivity contribution in [3.63, 3.8) is 0 Å². The molecule has 0 unspecified atom stereocenters. The van der Waals surface area contributed by atoms with E-state index in [4.69, 9.17) is 0 Å². The van der Waals surface area contributed by atoms with Gasteiger partial charge in [0.1, 0.15) is 0 Å². The normalized spacial score (nSPS) is 11.3. The smallest absolute Gasteiger partial charge is 0.191 e.